The minimum absolute atomic E-state index is 0.0117. The van der Waals surface area contributed by atoms with Gasteiger partial charge in [0.1, 0.15) is 17.5 Å². The maximum atomic E-state index is 14.0. The molecule has 5 amide bonds. The summed E-state index contributed by atoms with van der Waals surface area (Å²) in [6.07, 6.45) is 4.41. The molecule has 3 fully saturated rings. The molecule has 0 bridgehead atoms. The van der Waals surface area contributed by atoms with Gasteiger partial charge in [-0.15, -0.1) is 0 Å². The van der Waals surface area contributed by atoms with Gasteiger partial charge in [0.05, 0.1) is 7.11 Å². The Labute approximate surface area is 283 Å². The van der Waals surface area contributed by atoms with Crippen LogP contribution in [0, 0.1) is 13.8 Å². The summed E-state index contributed by atoms with van der Waals surface area (Å²) in [5.41, 5.74) is 4.23. The number of carbonyl (C=O) groups is 3. The van der Waals surface area contributed by atoms with E-state index in [4.69, 9.17) is 9.47 Å². The van der Waals surface area contributed by atoms with E-state index in [0.29, 0.717) is 58.0 Å². The smallest absolute Gasteiger partial charge is 0.322 e. The molecule has 260 valence electrons. The highest BCUT2D eigenvalue weighted by Crippen LogP contribution is 2.28. The number of methoxy groups -OCH3 is 1. The van der Waals surface area contributed by atoms with Crippen molar-refractivity contribution < 1.29 is 29.0 Å². The molecule has 0 saturated carbocycles. The van der Waals surface area contributed by atoms with E-state index >= 15 is 0 Å². The Balaban J connectivity index is 1.08. The molecule has 4 aliphatic heterocycles. The van der Waals surface area contributed by atoms with E-state index in [1.807, 2.05) is 54.0 Å². The molecule has 3 saturated heterocycles. The average Bonchev–Trinajstić information content (AvgIpc) is 3.27. The first kappa shape index (κ1) is 33.9. The molecule has 0 radical (unpaired) electrons. The monoisotopic (exact) mass is 662 g/mol. The Morgan fingerprint density at radius 2 is 1.62 bits per heavy atom. The number of aryl methyl sites for hydroxylation is 2. The van der Waals surface area contributed by atoms with Crippen LogP contribution >= 0.6 is 0 Å². The molecule has 4 aliphatic rings. The Hall–Kier alpha value is -4.03. The number of phenols is 1. The van der Waals surface area contributed by atoms with Crippen molar-refractivity contribution in [1.29, 1.82) is 0 Å². The lowest BCUT2D eigenvalue weighted by Crippen LogP contribution is -2.59. The summed E-state index contributed by atoms with van der Waals surface area (Å²) >= 11 is 0. The summed E-state index contributed by atoms with van der Waals surface area (Å²) < 4.78 is 10.9. The van der Waals surface area contributed by atoms with Gasteiger partial charge in [0.25, 0.3) is 0 Å². The molecule has 3 N–H and O–H groups in total. The van der Waals surface area contributed by atoms with Crippen molar-refractivity contribution in [3.05, 3.63) is 52.6 Å². The first-order valence-corrected chi connectivity index (χ1v) is 17.4. The van der Waals surface area contributed by atoms with E-state index in [-0.39, 0.29) is 29.8 Å². The molecule has 0 spiro atoms. The van der Waals surface area contributed by atoms with Gasteiger partial charge in [-0.05, 0) is 86.4 Å². The number of nitrogens with zero attached hydrogens (tertiary/aromatic N) is 4. The third-order valence-electron chi connectivity index (χ3n) is 10.5. The van der Waals surface area contributed by atoms with E-state index in [1.165, 1.54) is 0 Å². The second-order valence-electron chi connectivity index (χ2n) is 13.6. The van der Waals surface area contributed by atoms with Crippen LogP contribution in [-0.2, 0) is 22.4 Å². The Kier molecular flexibility index (Phi) is 10.6. The highest BCUT2D eigenvalue weighted by atomic mass is 16.5. The number of hydrogen-bond acceptors (Lipinski definition) is 7. The van der Waals surface area contributed by atoms with E-state index in [1.54, 1.807) is 12.0 Å². The fourth-order valence-corrected chi connectivity index (χ4v) is 7.70. The molecular formula is C36H50N6O6. The maximum absolute atomic E-state index is 14.0. The summed E-state index contributed by atoms with van der Waals surface area (Å²) in [6, 6.07) is 8.87. The predicted octanol–water partition coefficient (Wildman–Crippen LogP) is 3.52. The highest BCUT2D eigenvalue weighted by Gasteiger charge is 2.35. The molecule has 2 aromatic rings. The van der Waals surface area contributed by atoms with Crippen LogP contribution < -0.4 is 15.4 Å². The number of anilines is 1. The van der Waals surface area contributed by atoms with Gasteiger partial charge in [0.15, 0.2) is 0 Å². The van der Waals surface area contributed by atoms with Crippen molar-refractivity contribution in [1.82, 2.24) is 24.9 Å². The lowest BCUT2D eigenvalue weighted by molar-refractivity contribution is -0.135. The third kappa shape index (κ3) is 7.65. The quantitative estimate of drug-likeness (QED) is 0.414. The molecule has 4 heterocycles. The minimum Gasteiger partial charge on any atom is -0.507 e. The molecule has 12 heteroatoms. The van der Waals surface area contributed by atoms with Crippen molar-refractivity contribution in [2.75, 3.05) is 71.5 Å². The van der Waals surface area contributed by atoms with Gasteiger partial charge in [0, 0.05) is 83.2 Å². The van der Waals surface area contributed by atoms with Gasteiger partial charge >= 0.3 is 12.1 Å². The average molecular weight is 663 g/mol. The summed E-state index contributed by atoms with van der Waals surface area (Å²) in [7, 11) is 1.63. The largest absolute Gasteiger partial charge is 0.507 e. The number of amides is 5. The lowest BCUT2D eigenvalue weighted by Gasteiger charge is -2.42. The van der Waals surface area contributed by atoms with Crippen LogP contribution in [0.3, 0.4) is 0 Å². The number of rotatable bonds is 7. The molecule has 0 aliphatic carbocycles. The Morgan fingerprint density at radius 1 is 0.938 bits per heavy atom. The number of likely N-dealkylation sites (tertiary alicyclic amines) is 1. The number of benzene rings is 2. The number of carbonyl (C=O) groups excluding carboxylic acids is 3. The van der Waals surface area contributed by atoms with Gasteiger partial charge in [-0.25, -0.2) is 9.59 Å². The SMILES string of the molecule is COc1ccc2c(c1)CCN(C1CCN(C(=O)N[C@H](Cc3cc(C)c(O)c(C)c3)C(=O)N3CCN(C4CCOCC4)CC3)CC1)C(=O)N2. The third-order valence-corrected chi connectivity index (χ3v) is 10.5. The number of nitrogens with one attached hydrogen (secondary N) is 2. The highest BCUT2D eigenvalue weighted by molar-refractivity contribution is 5.91. The molecule has 48 heavy (non-hydrogen) atoms. The van der Waals surface area contributed by atoms with Gasteiger partial charge in [-0.2, -0.15) is 0 Å². The number of urea groups is 2. The van der Waals surface area contributed by atoms with Crippen molar-refractivity contribution in [3.8, 4) is 11.5 Å². The standard InChI is InChI=1S/C36H50N6O6/c1-24-20-26(21-25(2)33(24)43)22-32(34(44)40-16-14-39(15-17-40)28-9-18-48-19-10-28)38-35(45)41-11-7-29(8-12-41)42-13-6-27-23-30(47-3)4-5-31(27)37-36(42)46/h4-5,20-21,23,28-29,32,43H,6-19,22H2,1-3H3,(H,37,46)(H,38,45)/t32-/m1/s1. The summed E-state index contributed by atoms with van der Waals surface area (Å²) in [5, 5.41) is 16.5. The second-order valence-corrected chi connectivity index (χ2v) is 13.6. The Bertz CT molecular complexity index is 1460. The van der Waals surface area contributed by atoms with E-state index in [2.05, 4.69) is 15.5 Å². The van der Waals surface area contributed by atoms with Crippen molar-refractivity contribution in [3.63, 3.8) is 0 Å². The zero-order chi connectivity index (χ0) is 33.8. The van der Waals surface area contributed by atoms with Crippen LogP contribution in [0.1, 0.15) is 47.9 Å². The van der Waals surface area contributed by atoms with E-state index in [0.717, 1.165) is 79.3 Å². The minimum atomic E-state index is -0.736. The number of piperidine rings is 1. The molecule has 2 aromatic carbocycles. The molecule has 0 unspecified atom stereocenters. The maximum Gasteiger partial charge on any atom is 0.322 e. The van der Waals surface area contributed by atoms with Gasteiger partial charge in [-0.1, -0.05) is 12.1 Å². The summed E-state index contributed by atoms with van der Waals surface area (Å²) in [4.78, 5) is 49.0. The van der Waals surface area contributed by atoms with Crippen LogP contribution in [0.4, 0.5) is 15.3 Å². The van der Waals surface area contributed by atoms with Crippen molar-refractivity contribution >= 4 is 23.7 Å². The number of phenolic OH excluding ortho intramolecular Hbond substituents is 1. The molecule has 12 nitrogen and oxygen atoms in total. The van der Waals surface area contributed by atoms with E-state index in [9.17, 15) is 19.5 Å². The molecule has 6 rings (SSSR count). The zero-order valence-corrected chi connectivity index (χ0v) is 28.5. The molecule has 0 aromatic heterocycles. The van der Waals surface area contributed by atoms with Crippen LogP contribution in [0.5, 0.6) is 11.5 Å². The topological polar surface area (TPSA) is 127 Å². The number of ether oxygens (including phenoxy) is 2. The number of hydrogen-bond donors (Lipinski definition) is 3. The van der Waals surface area contributed by atoms with E-state index < -0.39 is 6.04 Å². The molecular weight excluding hydrogens is 612 g/mol. The van der Waals surface area contributed by atoms with Crippen LogP contribution in [0.25, 0.3) is 0 Å². The number of aromatic hydroxyl groups is 1. The van der Waals surface area contributed by atoms with Crippen LogP contribution in [-0.4, -0.2) is 127 Å². The fourth-order valence-electron chi connectivity index (χ4n) is 7.70. The summed E-state index contributed by atoms with van der Waals surface area (Å²) in [5.74, 6) is 0.936. The second kappa shape index (κ2) is 15.0. The predicted molar refractivity (Wildman–Crippen MR) is 183 cm³/mol. The van der Waals surface area contributed by atoms with Crippen LogP contribution in [0.2, 0.25) is 0 Å². The van der Waals surface area contributed by atoms with Gasteiger partial charge in [-0.3, -0.25) is 9.69 Å². The summed E-state index contributed by atoms with van der Waals surface area (Å²) in [6.45, 7) is 9.70. The molecule has 1 atom stereocenters. The number of piperazine rings is 1. The Morgan fingerprint density at radius 3 is 2.29 bits per heavy atom. The zero-order valence-electron chi connectivity index (χ0n) is 28.5. The lowest BCUT2D eigenvalue weighted by atomic mass is 9.99. The first-order valence-electron chi connectivity index (χ1n) is 17.4. The van der Waals surface area contributed by atoms with Crippen LogP contribution in [0.15, 0.2) is 30.3 Å². The normalized spacial score (nSPS) is 20.5. The van der Waals surface area contributed by atoms with Crippen molar-refractivity contribution in [2.45, 2.75) is 70.5 Å². The van der Waals surface area contributed by atoms with Gasteiger partial charge in [0.2, 0.25) is 5.91 Å². The van der Waals surface area contributed by atoms with Crippen molar-refractivity contribution in [2.24, 2.45) is 0 Å². The fraction of sp³-hybridized carbons (Fsp3) is 0.583. The first-order chi connectivity index (χ1) is 23.2. The van der Waals surface area contributed by atoms with Gasteiger partial charge < -0.3 is 39.9 Å². The number of fused-ring (bicyclic) bond motifs is 1.